The normalized spacial score (nSPS) is 19.6. The summed E-state index contributed by atoms with van der Waals surface area (Å²) in [6.07, 6.45) is 1.29. The van der Waals surface area contributed by atoms with Crippen LogP contribution in [-0.4, -0.2) is 101 Å². The Labute approximate surface area is 209 Å². The van der Waals surface area contributed by atoms with Crippen LogP contribution < -0.4 is 14.5 Å². The number of nitrogens with zero attached hydrogens (tertiary/aromatic N) is 5. The average Bonchev–Trinajstić information content (AvgIpc) is 2.89. The zero-order chi connectivity index (χ0) is 24.4. The zero-order valence-corrected chi connectivity index (χ0v) is 21.5. The number of ether oxygens (including phenoxy) is 1. The van der Waals surface area contributed by atoms with Crippen LogP contribution in [0.5, 0.6) is 5.75 Å². The minimum Gasteiger partial charge on any atom is -0.496 e. The number of methoxy groups -OCH3 is 1. The number of hydrogen-bond acceptors (Lipinski definition) is 6. The first-order valence-electron chi connectivity index (χ1n) is 12.9. The van der Waals surface area contributed by atoms with Crippen molar-refractivity contribution in [2.24, 2.45) is 0 Å². The maximum absolute atomic E-state index is 13.3. The van der Waals surface area contributed by atoms with Gasteiger partial charge >= 0.3 is 0 Å². The predicted octanol–water partition coefficient (Wildman–Crippen LogP) is 2.33. The molecule has 0 radical (unpaired) electrons. The van der Waals surface area contributed by atoms with E-state index in [4.69, 9.17) is 4.74 Å². The smallest absolute Gasteiger partial charge is 0.227 e. The molecule has 35 heavy (non-hydrogen) atoms. The largest absolute Gasteiger partial charge is 0.496 e. The van der Waals surface area contributed by atoms with E-state index < -0.39 is 0 Å². The molecule has 2 saturated heterocycles. The zero-order valence-electron chi connectivity index (χ0n) is 21.5. The first kappa shape index (κ1) is 23.9. The van der Waals surface area contributed by atoms with Gasteiger partial charge in [0.1, 0.15) is 5.75 Å². The predicted molar refractivity (Wildman–Crippen MR) is 142 cm³/mol. The number of anilines is 2. The fourth-order valence-electron chi connectivity index (χ4n) is 5.55. The van der Waals surface area contributed by atoms with Crippen molar-refractivity contribution in [3.05, 3.63) is 53.1 Å². The van der Waals surface area contributed by atoms with Crippen LogP contribution in [0.15, 0.2) is 36.4 Å². The van der Waals surface area contributed by atoms with E-state index in [0.717, 1.165) is 76.6 Å². The van der Waals surface area contributed by atoms with E-state index in [1.807, 2.05) is 4.90 Å². The van der Waals surface area contributed by atoms with E-state index in [0.29, 0.717) is 13.0 Å². The highest BCUT2D eigenvalue weighted by molar-refractivity contribution is 5.80. The second-order valence-corrected chi connectivity index (χ2v) is 10.2. The molecular weight excluding hydrogens is 438 g/mol. The van der Waals surface area contributed by atoms with Gasteiger partial charge in [0.05, 0.1) is 13.5 Å². The van der Waals surface area contributed by atoms with Gasteiger partial charge in [-0.15, -0.1) is 0 Å². The van der Waals surface area contributed by atoms with E-state index in [2.05, 4.69) is 70.1 Å². The summed E-state index contributed by atoms with van der Waals surface area (Å²) in [7, 11) is 6.10. The number of fused-ring (bicyclic) bond motifs is 1. The number of rotatable bonds is 5. The van der Waals surface area contributed by atoms with Crippen LogP contribution in [0.3, 0.4) is 0 Å². The molecule has 2 aromatic carbocycles. The molecule has 0 aromatic heterocycles. The lowest BCUT2D eigenvalue weighted by Crippen LogP contribution is -2.45. The van der Waals surface area contributed by atoms with Crippen LogP contribution in [0.1, 0.15) is 16.7 Å². The Balaban J connectivity index is 1.27. The molecule has 2 aromatic rings. The van der Waals surface area contributed by atoms with Crippen molar-refractivity contribution in [2.45, 2.75) is 19.4 Å². The van der Waals surface area contributed by atoms with E-state index in [-0.39, 0.29) is 5.91 Å². The van der Waals surface area contributed by atoms with E-state index >= 15 is 0 Å². The SMILES string of the molecule is COc1ccc(N2CCN(C)CC2)c2c1CCN(C(=O)Cc1ccc(N3CCN(C)CC3)cc1)C2. The standard InChI is InChI=1S/C28H39N5O2/c1-29-12-16-31(17-13-29)23-6-4-22(5-7-23)20-28(34)33-11-10-24-25(21-33)26(8-9-27(24)35-3)32-18-14-30(2)15-19-32/h4-9H,10-21H2,1-3H3. The van der Waals surface area contributed by atoms with Crippen molar-refractivity contribution in [3.63, 3.8) is 0 Å². The Bertz CT molecular complexity index is 1020. The fourth-order valence-corrected chi connectivity index (χ4v) is 5.55. The molecule has 0 aliphatic carbocycles. The number of piperazine rings is 2. The Hall–Kier alpha value is -2.77. The second kappa shape index (κ2) is 10.5. The molecule has 0 bridgehead atoms. The van der Waals surface area contributed by atoms with E-state index in [1.54, 1.807) is 7.11 Å². The number of likely N-dealkylation sites (N-methyl/N-ethyl adjacent to an activating group) is 2. The van der Waals surface area contributed by atoms with E-state index in [1.165, 1.54) is 22.5 Å². The van der Waals surface area contributed by atoms with Crippen LogP contribution in [0.4, 0.5) is 11.4 Å². The van der Waals surface area contributed by atoms with Crippen LogP contribution in [0.2, 0.25) is 0 Å². The lowest BCUT2D eigenvalue weighted by molar-refractivity contribution is -0.131. The summed E-state index contributed by atoms with van der Waals surface area (Å²) in [5, 5.41) is 0. The lowest BCUT2D eigenvalue weighted by Gasteiger charge is -2.38. The minimum atomic E-state index is 0.204. The average molecular weight is 478 g/mol. The molecule has 0 unspecified atom stereocenters. The van der Waals surface area contributed by atoms with E-state index in [9.17, 15) is 4.79 Å². The Morgan fingerprint density at radius 3 is 2.03 bits per heavy atom. The molecule has 0 spiro atoms. The summed E-state index contributed by atoms with van der Waals surface area (Å²) in [6.45, 7) is 9.87. The molecule has 188 valence electrons. The Morgan fingerprint density at radius 2 is 1.40 bits per heavy atom. The molecule has 3 aliphatic rings. The molecular formula is C28H39N5O2. The fraction of sp³-hybridized carbons (Fsp3) is 0.536. The maximum Gasteiger partial charge on any atom is 0.227 e. The van der Waals surface area contributed by atoms with Crippen LogP contribution >= 0.6 is 0 Å². The summed E-state index contributed by atoms with van der Waals surface area (Å²) in [5.41, 5.74) is 6.14. The maximum atomic E-state index is 13.3. The topological polar surface area (TPSA) is 42.5 Å². The highest BCUT2D eigenvalue weighted by Crippen LogP contribution is 2.36. The number of carbonyl (C=O) groups is 1. The molecule has 5 rings (SSSR count). The third-order valence-electron chi connectivity index (χ3n) is 7.92. The molecule has 7 nitrogen and oxygen atoms in total. The molecule has 3 heterocycles. The Kier molecular flexibility index (Phi) is 7.16. The Morgan fingerprint density at radius 1 is 0.771 bits per heavy atom. The highest BCUT2D eigenvalue weighted by atomic mass is 16.5. The van der Waals surface area contributed by atoms with Crippen molar-refractivity contribution in [1.82, 2.24) is 14.7 Å². The van der Waals surface area contributed by atoms with Gasteiger partial charge in [0.25, 0.3) is 0 Å². The molecule has 0 atom stereocenters. The van der Waals surface area contributed by atoms with Crippen molar-refractivity contribution < 1.29 is 9.53 Å². The molecule has 3 aliphatic heterocycles. The van der Waals surface area contributed by atoms with Gasteiger partial charge in [-0.2, -0.15) is 0 Å². The summed E-state index contributed by atoms with van der Waals surface area (Å²) >= 11 is 0. The summed E-state index contributed by atoms with van der Waals surface area (Å²) < 4.78 is 5.69. The van der Waals surface area contributed by atoms with Gasteiger partial charge < -0.3 is 29.2 Å². The second-order valence-electron chi connectivity index (χ2n) is 10.2. The molecule has 2 fully saturated rings. The van der Waals surface area contributed by atoms with Crippen molar-refractivity contribution in [2.75, 3.05) is 89.9 Å². The summed E-state index contributed by atoms with van der Waals surface area (Å²) in [4.78, 5) is 25.0. The van der Waals surface area contributed by atoms with Gasteiger partial charge in [-0.3, -0.25) is 4.79 Å². The third kappa shape index (κ3) is 5.26. The first-order valence-corrected chi connectivity index (χ1v) is 12.9. The summed E-state index contributed by atoms with van der Waals surface area (Å²) in [6, 6.07) is 12.9. The monoisotopic (exact) mass is 477 g/mol. The van der Waals surface area contributed by atoms with Crippen molar-refractivity contribution in [3.8, 4) is 5.75 Å². The van der Waals surface area contributed by atoms with Gasteiger partial charge in [0.2, 0.25) is 5.91 Å². The number of amides is 1. The van der Waals surface area contributed by atoms with Crippen LogP contribution in [0, 0.1) is 0 Å². The van der Waals surface area contributed by atoms with Crippen molar-refractivity contribution in [1.29, 1.82) is 0 Å². The molecule has 0 N–H and O–H groups in total. The molecule has 1 amide bonds. The van der Waals surface area contributed by atoms with Crippen LogP contribution in [-0.2, 0) is 24.2 Å². The molecule has 7 heteroatoms. The molecule has 0 saturated carbocycles. The highest BCUT2D eigenvalue weighted by Gasteiger charge is 2.28. The van der Waals surface area contributed by atoms with Crippen LogP contribution in [0.25, 0.3) is 0 Å². The minimum absolute atomic E-state index is 0.204. The first-order chi connectivity index (χ1) is 17.0. The van der Waals surface area contributed by atoms with Crippen molar-refractivity contribution >= 4 is 17.3 Å². The lowest BCUT2D eigenvalue weighted by atomic mass is 9.95. The van der Waals surface area contributed by atoms with Gasteiger partial charge in [0.15, 0.2) is 0 Å². The van der Waals surface area contributed by atoms with Gasteiger partial charge in [-0.25, -0.2) is 0 Å². The quantitative estimate of drug-likeness (QED) is 0.659. The number of benzene rings is 2. The summed E-state index contributed by atoms with van der Waals surface area (Å²) in [5.74, 6) is 1.15. The number of carbonyl (C=O) groups excluding carboxylic acids is 1. The van der Waals surface area contributed by atoms with Gasteiger partial charge in [-0.05, 0) is 50.3 Å². The number of hydrogen-bond donors (Lipinski definition) is 0. The third-order valence-corrected chi connectivity index (χ3v) is 7.92. The van der Waals surface area contributed by atoms with Gasteiger partial charge in [-0.1, -0.05) is 12.1 Å². The van der Waals surface area contributed by atoms with Gasteiger partial charge in [0, 0.05) is 87.9 Å².